The standard InChI is InChI=1S/C23H22F3N5O3/c24-23(25,26)8-1-9-30-19(29-10-6-17(7-11-29)21(33)34)12-20(32)31-14-18(28-22(30)31)16-4-2-15(13-27)3-5-16/h2-5,12,14,17H,1,6-11H2,(H,33,34). The number of nitrogens with zero attached hydrogens (tertiary/aromatic N) is 5. The van der Waals surface area contributed by atoms with Gasteiger partial charge in [0.1, 0.15) is 5.82 Å². The summed E-state index contributed by atoms with van der Waals surface area (Å²) in [5.41, 5.74) is 1.19. The second kappa shape index (κ2) is 9.21. The van der Waals surface area contributed by atoms with Crippen molar-refractivity contribution in [3.8, 4) is 17.3 Å². The van der Waals surface area contributed by atoms with E-state index in [0.717, 1.165) is 0 Å². The SMILES string of the molecule is N#Cc1ccc(-c2cn3c(=O)cc(N4CCC(C(=O)O)CC4)n(CCCC(F)(F)F)c3n2)cc1. The molecule has 0 spiro atoms. The highest BCUT2D eigenvalue weighted by atomic mass is 19.4. The molecule has 8 nitrogen and oxygen atoms in total. The third-order valence-corrected chi connectivity index (χ3v) is 6.02. The molecule has 2 aromatic heterocycles. The maximum atomic E-state index is 12.9. The van der Waals surface area contributed by atoms with Crippen LogP contribution in [0.5, 0.6) is 0 Å². The number of imidazole rings is 1. The molecule has 1 aromatic carbocycles. The maximum Gasteiger partial charge on any atom is 0.389 e. The van der Waals surface area contributed by atoms with Gasteiger partial charge in [-0.25, -0.2) is 4.98 Å². The number of anilines is 1. The number of aromatic nitrogens is 3. The van der Waals surface area contributed by atoms with E-state index in [0.29, 0.717) is 48.6 Å². The minimum atomic E-state index is -4.31. The van der Waals surface area contributed by atoms with E-state index in [4.69, 9.17) is 5.26 Å². The molecule has 34 heavy (non-hydrogen) atoms. The third kappa shape index (κ3) is 4.90. The summed E-state index contributed by atoms with van der Waals surface area (Å²) in [5, 5.41) is 18.3. The summed E-state index contributed by atoms with van der Waals surface area (Å²) >= 11 is 0. The minimum Gasteiger partial charge on any atom is -0.481 e. The molecule has 178 valence electrons. The first-order chi connectivity index (χ1) is 16.2. The number of nitriles is 1. The van der Waals surface area contributed by atoms with Gasteiger partial charge in [-0.1, -0.05) is 12.1 Å². The number of aliphatic carboxylic acids is 1. The normalized spacial score (nSPS) is 14.9. The average Bonchev–Trinajstić information content (AvgIpc) is 3.26. The Morgan fingerprint density at radius 1 is 1.21 bits per heavy atom. The molecule has 3 heterocycles. The smallest absolute Gasteiger partial charge is 0.389 e. The number of alkyl halides is 3. The van der Waals surface area contributed by atoms with Gasteiger partial charge in [-0.15, -0.1) is 0 Å². The summed E-state index contributed by atoms with van der Waals surface area (Å²) in [6.45, 7) is 0.728. The minimum absolute atomic E-state index is 0.0126. The lowest BCUT2D eigenvalue weighted by atomic mass is 9.97. The van der Waals surface area contributed by atoms with E-state index in [-0.39, 0.29) is 24.3 Å². The van der Waals surface area contributed by atoms with Crippen molar-refractivity contribution in [3.05, 3.63) is 52.4 Å². The number of benzene rings is 1. The first kappa shape index (κ1) is 23.4. The molecule has 1 fully saturated rings. The fourth-order valence-electron chi connectivity index (χ4n) is 4.21. The van der Waals surface area contributed by atoms with Crippen molar-refractivity contribution in [2.75, 3.05) is 18.0 Å². The van der Waals surface area contributed by atoms with Crippen molar-refractivity contribution in [1.82, 2.24) is 14.0 Å². The molecule has 1 aliphatic rings. The molecular formula is C23H22F3N5O3. The van der Waals surface area contributed by atoms with Crippen molar-refractivity contribution in [3.63, 3.8) is 0 Å². The van der Waals surface area contributed by atoms with Crippen LogP contribution in [-0.2, 0) is 11.3 Å². The maximum absolute atomic E-state index is 12.9. The number of hydrogen-bond donors (Lipinski definition) is 1. The lowest BCUT2D eigenvalue weighted by Crippen LogP contribution is -2.39. The monoisotopic (exact) mass is 473 g/mol. The fraction of sp³-hybridized carbons (Fsp3) is 0.391. The zero-order valence-corrected chi connectivity index (χ0v) is 18.1. The second-order valence-corrected chi connectivity index (χ2v) is 8.30. The van der Waals surface area contributed by atoms with Crippen LogP contribution in [0.2, 0.25) is 0 Å². The van der Waals surface area contributed by atoms with E-state index in [1.54, 1.807) is 28.8 Å². The van der Waals surface area contributed by atoms with Crippen LogP contribution in [0.1, 0.15) is 31.2 Å². The molecule has 0 radical (unpaired) electrons. The number of piperidine rings is 1. The van der Waals surface area contributed by atoms with Gasteiger partial charge in [0.25, 0.3) is 5.56 Å². The van der Waals surface area contributed by atoms with Crippen molar-refractivity contribution < 1.29 is 23.1 Å². The number of fused-ring (bicyclic) bond motifs is 1. The predicted octanol–water partition coefficient (Wildman–Crippen LogP) is 3.68. The van der Waals surface area contributed by atoms with E-state index < -0.39 is 24.5 Å². The molecule has 0 aliphatic carbocycles. The van der Waals surface area contributed by atoms with Crippen LogP contribution in [0, 0.1) is 17.2 Å². The summed E-state index contributed by atoms with van der Waals surface area (Å²) in [7, 11) is 0. The van der Waals surface area contributed by atoms with Crippen molar-refractivity contribution >= 4 is 17.6 Å². The molecule has 11 heteroatoms. The average molecular weight is 473 g/mol. The Labute approximate surface area is 192 Å². The molecule has 1 aliphatic heterocycles. The second-order valence-electron chi connectivity index (χ2n) is 8.30. The van der Waals surface area contributed by atoms with Crippen LogP contribution in [0.15, 0.2) is 41.3 Å². The zero-order chi connectivity index (χ0) is 24.5. The van der Waals surface area contributed by atoms with Gasteiger partial charge in [0.15, 0.2) is 0 Å². The van der Waals surface area contributed by atoms with Gasteiger partial charge in [0, 0.05) is 43.9 Å². The largest absolute Gasteiger partial charge is 0.481 e. The van der Waals surface area contributed by atoms with Gasteiger partial charge in [0.2, 0.25) is 5.78 Å². The summed E-state index contributed by atoms with van der Waals surface area (Å²) in [4.78, 5) is 30.6. The van der Waals surface area contributed by atoms with E-state index in [2.05, 4.69) is 4.98 Å². The Kier molecular flexibility index (Phi) is 6.32. The molecule has 0 bridgehead atoms. The number of hydrogen-bond acceptors (Lipinski definition) is 5. The number of rotatable bonds is 6. The van der Waals surface area contributed by atoms with Crippen LogP contribution in [-0.4, -0.2) is 44.3 Å². The summed E-state index contributed by atoms with van der Waals surface area (Å²) in [5.74, 6) is -0.720. The number of carbonyl (C=O) groups is 1. The van der Waals surface area contributed by atoms with Gasteiger partial charge >= 0.3 is 12.1 Å². The third-order valence-electron chi connectivity index (χ3n) is 6.02. The molecule has 3 aromatic rings. The van der Waals surface area contributed by atoms with Crippen LogP contribution in [0.3, 0.4) is 0 Å². The van der Waals surface area contributed by atoms with Crippen LogP contribution < -0.4 is 10.5 Å². The highest BCUT2D eigenvalue weighted by molar-refractivity contribution is 5.70. The predicted molar refractivity (Wildman–Crippen MR) is 117 cm³/mol. The summed E-state index contributed by atoms with van der Waals surface area (Å²) in [6, 6.07) is 10.0. The van der Waals surface area contributed by atoms with Crippen molar-refractivity contribution in [1.29, 1.82) is 5.26 Å². The molecule has 0 saturated carbocycles. The lowest BCUT2D eigenvalue weighted by Gasteiger charge is -2.33. The van der Waals surface area contributed by atoms with Crippen molar-refractivity contribution in [2.24, 2.45) is 5.92 Å². The van der Waals surface area contributed by atoms with Gasteiger partial charge in [-0.05, 0) is 31.4 Å². The molecule has 0 atom stereocenters. The van der Waals surface area contributed by atoms with Crippen LogP contribution in [0.25, 0.3) is 17.0 Å². The van der Waals surface area contributed by atoms with Gasteiger partial charge in [-0.3, -0.25) is 18.6 Å². The molecular weight excluding hydrogens is 451 g/mol. The lowest BCUT2D eigenvalue weighted by molar-refractivity contribution is -0.142. The quantitative estimate of drug-likeness (QED) is 0.586. The Hall–Kier alpha value is -3.81. The summed E-state index contributed by atoms with van der Waals surface area (Å²) in [6.07, 6.45) is -3.20. The zero-order valence-electron chi connectivity index (χ0n) is 18.1. The molecule has 0 amide bonds. The Bertz CT molecular complexity index is 1300. The first-order valence-corrected chi connectivity index (χ1v) is 10.8. The van der Waals surface area contributed by atoms with Gasteiger partial charge in [0.05, 0.1) is 23.2 Å². The number of carboxylic acids is 1. The molecule has 1 saturated heterocycles. The van der Waals surface area contributed by atoms with Crippen molar-refractivity contribution in [2.45, 2.75) is 38.4 Å². The van der Waals surface area contributed by atoms with Crippen LogP contribution in [0.4, 0.5) is 19.0 Å². The Morgan fingerprint density at radius 2 is 1.88 bits per heavy atom. The Morgan fingerprint density at radius 3 is 2.47 bits per heavy atom. The van der Waals surface area contributed by atoms with Crippen LogP contribution >= 0.6 is 0 Å². The summed E-state index contributed by atoms with van der Waals surface area (Å²) < 4.78 is 41.4. The van der Waals surface area contributed by atoms with E-state index in [1.165, 1.54) is 16.7 Å². The highest BCUT2D eigenvalue weighted by Crippen LogP contribution is 2.28. The number of carboxylic acid groups (broad SMARTS) is 1. The molecule has 4 rings (SSSR count). The molecule has 0 unspecified atom stereocenters. The highest BCUT2D eigenvalue weighted by Gasteiger charge is 2.29. The van der Waals surface area contributed by atoms with Gasteiger partial charge in [-0.2, -0.15) is 18.4 Å². The van der Waals surface area contributed by atoms with E-state index >= 15 is 0 Å². The fourth-order valence-corrected chi connectivity index (χ4v) is 4.21. The topological polar surface area (TPSA) is 104 Å². The van der Waals surface area contributed by atoms with Gasteiger partial charge < -0.3 is 10.0 Å². The van der Waals surface area contributed by atoms with E-state index in [9.17, 15) is 27.9 Å². The first-order valence-electron chi connectivity index (χ1n) is 10.8. The Balaban J connectivity index is 1.75. The number of halogens is 3. The molecule has 1 N–H and O–H groups in total. The number of aryl methyl sites for hydroxylation is 1. The van der Waals surface area contributed by atoms with E-state index in [1.807, 2.05) is 11.0 Å².